The fraction of sp³-hybridized carbons (Fsp3) is 0.240. The Labute approximate surface area is 194 Å². The molecule has 5 rings (SSSR count). The highest BCUT2D eigenvalue weighted by atomic mass is 32.1. The number of benzene rings is 2. The van der Waals surface area contributed by atoms with Crippen LogP contribution in [0.5, 0.6) is 0 Å². The van der Waals surface area contributed by atoms with Crippen molar-refractivity contribution in [2.75, 3.05) is 11.9 Å². The van der Waals surface area contributed by atoms with Crippen LogP contribution in [0, 0.1) is 11.7 Å². The molecule has 0 radical (unpaired) electrons. The Morgan fingerprint density at radius 2 is 1.91 bits per heavy atom. The van der Waals surface area contributed by atoms with Gasteiger partial charge in [0.2, 0.25) is 5.91 Å². The number of carbonyl (C=O) groups excluding carboxylic acids is 2. The predicted molar refractivity (Wildman–Crippen MR) is 127 cm³/mol. The number of amides is 2. The molecule has 2 N–H and O–H groups in total. The van der Waals surface area contributed by atoms with Gasteiger partial charge in [-0.25, -0.2) is 9.37 Å². The van der Waals surface area contributed by atoms with E-state index in [-0.39, 0.29) is 35.5 Å². The molecule has 1 fully saturated rings. The maximum absolute atomic E-state index is 13.2. The lowest BCUT2D eigenvalue weighted by atomic mass is 10.2. The zero-order valence-electron chi connectivity index (χ0n) is 18.2. The van der Waals surface area contributed by atoms with Gasteiger partial charge in [0.05, 0.1) is 22.0 Å². The molecule has 3 atom stereocenters. The number of fused-ring (bicyclic) bond motifs is 1. The SMILES string of the molecule is C[C@@H](NC(=O)C1CC1c1nc2ccccc2[nH]1)c1ccc(C(=O)N(C)c2ccc(F)cc2)s1. The van der Waals surface area contributed by atoms with Gasteiger partial charge in [-0.3, -0.25) is 9.59 Å². The van der Waals surface area contributed by atoms with Gasteiger partial charge >= 0.3 is 0 Å². The monoisotopic (exact) mass is 462 g/mol. The van der Waals surface area contributed by atoms with Crippen molar-refractivity contribution in [2.24, 2.45) is 5.92 Å². The van der Waals surface area contributed by atoms with E-state index >= 15 is 0 Å². The molecule has 2 aromatic heterocycles. The van der Waals surface area contributed by atoms with E-state index in [1.54, 1.807) is 25.2 Å². The molecule has 6 nitrogen and oxygen atoms in total. The van der Waals surface area contributed by atoms with Gasteiger partial charge in [0.1, 0.15) is 11.6 Å². The number of para-hydroxylation sites is 2. The summed E-state index contributed by atoms with van der Waals surface area (Å²) in [6.07, 6.45) is 0.773. The maximum Gasteiger partial charge on any atom is 0.268 e. The number of aromatic amines is 1. The number of H-pyrrole nitrogens is 1. The van der Waals surface area contributed by atoms with Crippen LogP contribution in [0.4, 0.5) is 10.1 Å². The lowest BCUT2D eigenvalue weighted by molar-refractivity contribution is -0.123. The molecule has 168 valence electrons. The Morgan fingerprint density at radius 3 is 2.67 bits per heavy atom. The van der Waals surface area contributed by atoms with Crippen molar-refractivity contribution < 1.29 is 14.0 Å². The number of halogens is 1. The molecule has 2 heterocycles. The minimum Gasteiger partial charge on any atom is -0.349 e. The Hall–Kier alpha value is -3.52. The van der Waals surface area contributed by atoms with Crippen LogP contribution in [-0.2, 0) is 4.79 Å². The number of nitrogens with one attached hydrogen (secondary N) is 2. The molecular weight excluding hydrogens is 439 g/mol. The van der Waals surface area contributed by atoms with Gasteiger partial charge in [-0.05, 0) is 61.9 Å². The van der Waals surface area contributed by atoms with Crippen LogP contribution in [0.1, 0.15) is 45.7 Å². The third kappa shape index (κ3) is 4.26. The summed E-state index contributed by atoms with van der Waals surface area (Å²) >= 11 is 1.35. The number of hydrogen-bond acceptors (Lipinski definition) is 4. The van der Waals surface area contributed by atoms with Crippen LogP contribution in [0.3, 0.4) is 0 Å². The molecule has 1 aliphatic rings. The third-order valence-corrected chi connectivity index (χ3v) is 7.28. The first-order valence-corrected chi connectivity index (χ1v) is 11.6. The lowest BCUT2D eigenvalue weighted by Gasteiger charge is -2.16. The van der Waals surface area contributed by atoms with Gasteiger partial charge in [-0.1, -0.05) is 12.1 Å². The molecule has 1 saturated carbocycles. The van der Waals surface area contributed by atoms with E-state index in [0.717, 1.165) is 28.2 Å². The Kier molecular flexibility index (Phi) is 5.46. The zero-order valence-corrected chi connectivity index (χ0v) is 19.0. The molecule has 0 saturated heterocycles. The first-order valence-electron chi connectivity index (χ1n) is 10.8. The standard InChI is InChI=1S/C25H23FN4O2S/c1-14(21-11-12-22(33-21)25(32)30(2)16-9-7-15(26)8-10-16)27-24(31)18-13-17(18)23-28-19-5-3-4-6-20(19)29-23/h3-12,14,17-18H,13H2,1-2H3,(H,27,31)(H,28,29)/t14-,17?,18?/m1/s1. The fourth-order valence-corrected chi connectivity index (χ4v) is 4.96. The minimum absolute atomic E-state index is 0.00216. The van der Waals surface area contributed by atoms with Gasteiger partial charge in [-0.2, -0.15) is 0 Å². The summed E-state index contributed by atoms with van der Waals surface area (Å²) in [5.74, 6) is 0.340. The highest BCUT2D eigenvalue weighted by Crippen LogP contribution is 2.47. The molecule has 4 aromatic rings. The van der Waals surface area contributed by atoms with Crippen molar-refractivity contribution >= 4 is 39.9 Å². The second kappa shape index (κ2) is 8.44. The van der Waals surface area contributed by atoms with Gasteiger partial charge in [0, 0.05) is 29.4 Å². The Balaban J connectivity index is 1.21. The first kappa shape index (κ1) is 21.3. The summed E-state index contributed by atoms with van der Waals surface area (Å²) in [7, 11) is 1.66. The number of hydrogen-bond donors (Lipinski definition) is 2. The highest BCUT2D eigenvalue weighted by Gasteiger charge is 2.46. The van der Waals surface area contributed by atoms with Crippen LogP contribution < -0.4 is 10.2 Å². The molecular formula is C25H23FN4O2S. The summed E-state index contributed by atoms with van der Waals surface area (Å²) in [6, 6.07) is 17.1. The number of nitrogens with zero attached hydrogens (tertiary/aromatic N) is 2. The van der Waals surface area contributed by atoms with E-state index in [1.165, 1.54) is 28.4 Å². The van der Waals surface area contributed by atoms with Gasteiger partial charge in [0.15, 0.2) is 0 Å². The van der Waals surface area contributed by atoms with E-state index in [2.05, 4.69) is 15.3 Å². The highest BCUT2D eigenvalue weighted by molar-refractivity contribution is 7.14. The Bertz CT molecular complexity index is 1300. The van der Waals surface area contributed by atoms with Crippen molar-refractivity contribution in [1.82, 2.24) is 15.3 Å². The van der Waals surface area contributed by atoms with Gasteiger partial charge in [-0.15, -0.1) is 11.3 Å². The molecule has 33 heavy (non-hydrogen) atoms. The van der Waals surface area contributed by atoms with Gasteiger partial charge < -0.3 is 15.2 Å². The smallest absolute Gasteiger partial charge is 0.268 e. The number of carbonyl (C=O) groups is 2. The average molecular weight is 463 g/mol. The van der Waals surface area contributed by atoms with E-state index in [4.69, 9.17) is 0 Å². The predicted octanol–water partition coefficient (Wildman–Crippen LogP) is 5.02. The number of aromatic nitrogens is 2. The zero-order chi connectivity index (χ0) is 23.1. The van der Waals surface area contributed by atoms with E-state index < -0.39 is 0 Å². The van der Waals surface area contributed by atoms with Crippen LogP contribution in [0.25, 0.3) is 11.0 Å². The molecule has 1 aliphatic carbocycles. The van der Waals surface area contributed by atoms with Crippen molar-refractivity contribution in [3.63, 3.8) is 0 Å². The summed E-state index contributed by atoms with van der Waals surface area (Å²) in [5.41, 5.74) is 2.50. The third-order valence-electron chi connectivity index (χ3n) is 6.03. The van der Waals surface area contributed by atoms with Crippen LogP contribution >= 0.6 is 11.3 Å². The van der Waals surface area contributed by atoms with Crippen molar-refractivity contribution in [3.8, 4) is 0 Å². The molecule has 2 unspecified atom stereocenters. The van der Waals surface area contributed by atoms with E-state index in [0.29, 0.717) is 10.6 Å². The van der Waals surface area contributed by atoms with E-state index in [1.807, 2.05) is 37.3 Å². The van der Waals surface area contributed by atoms with Crippen LogP contribution in [0.15, 0.2) is 60.7 Å². The minimum atomic E-state index is -0.346. The summed E-state index contributed by atoms with van der Waals surface area (Å²) < 4.78 is 13.2. The first-order chi connectivity index (χ1) is 15.9. The quantitative estimate of drug-likeness (QED) is 0.422. The molecule has 0 bridgehead atoms. The topological polar surface area (TPSA) is 78.1 Å². The summed E-state index contributed by atoms with van der Waals surface area (Å²) in [5, 5.41) is 3.07. The summed E-state index contributed by atoms with van der Waals surface area (Å²) in [6.45, 7) is 1.92. The van der Waals surface area contributed by atoms with Gasteiger partial charge in [0.25, 0.3) is 5.91 Å². The average Bonchev–Trinajstić information content (AvgIpc) is 3.26. The summed E-state index contributed by atoms with van der Waals surface area (Å²) in [4.78, 5) is 36.5. The van der Waals surface area contributed by atoms with Crippen molar-refractivity contribution in [1.29, 1.82) is 0 Å². The number of imidazole rings is 1. The lowest BCUT2D eigenvalue weighted by Crippen LogP contribution is -2.28. The van der Waals surface area contributed by atoms with Crippen LogP contribution in [-0.4, -0.2) is 28.8 Å². The van der Waals surface area contributed by atoms with Crippen LogP contribution in [0.2, 0.25) is 0 Å². The normalized spacial score (nSPS) is 18.2. The largest absolute Gasteiger partial charge is 0.349 e. The second-order valence-electron chi connectivity index (χ2n) is 8.36. The fourth-order valence-electron chi connectivity index (χ4n) is 3.97. The van der Waals surface area contributed by atoms with Crippen molar-refractivity contribution in [2.45, 2.75) is 25.3 Å². The van der Waals surface area contributed by atoms with E-state index in [9.17, 15) is 14.0 Å². The van der Waals surface area contributed by atoms with Crippen molar-refractivity contribution in [3.05, 3.63) is 82.1 Å². The maximum atomic E-state index is 13.2. The number of thiophene rings is 1. The second-order valence-corrected chi connectivity index (χ2v) is 9.48. The molecule has 2 aromatic carbocycles. The molecule has 2 amide bonds. The molecule has 8 heteroatoms. The number of rotatable bonds is 6. The Morgan fingerprint density at radius 1 is 1.15 bits per heavy atom. The molecule has 0 spiro atoms. The number of anilines is 1. The molecule has 0 aliphatic heterocycles.